The molecule has 0 saturated carbocycles. The van der Waals surface area contributed by atoms with Crippen LogP contribution in [-0.4, -0.2) is 22.5 Å². The summed E-state index contributed by atoms with van der Waals surface area (Å²) in [6.07, 6.45) is 4.14. The van der Waals surface area contributed by atoms with Gasteiger partial charge in [-0.15, -0.1) is 11.3 Å². The van der Waals surface area contributed by atoms with Gasteiger partial charge in [-0.1, -0.05) is 13.0 Å². The molecule has 0 bridgehead atoms. The summed E-state index contributed by atoms with van der Waals surface area (Å²) in [5, 5.41) is 12.9. The van der Waals surface area contributed by atoms with E-state index in [0.717, 1.165) is 35.9 Å². The van der Waals surface area contributed by atoms with Crippen molar-refractivity contribution in [2.24, 2.45) is 0 Å². The number of hydrogen-bond acceptors (Lipinski definition) is 4. The molecule has 0 aliphatic heterocycles. The van der Waals surface area contributed by atoms with Gasteiger partial charge < -0.3 is 10.4 Å². The van der Waals surface area contributed by atoms with E-state index in [0.29, 0.717) is 17.9 Å². The van der Waals surface area contributed by atoms with Crippen LogP contribution in [0.1, 0.15) is 47.7 Å². The maximum Gasteiger partial charge on any atom is 0.251 e. The molecule has 1 unspecified atom stereocenters. The minimum absolute atomic E-state index is 0.0127. The molecule has 4 rings (SSSR count). The number of aryl methyl sites for hydroxylation is 1. The minimum atomic E-state index is -0.0455. The number of phenols is 1. The smallest absolute Gasteiger partial charge is 0.251 e. The van der Waals surface area contributed by atoms with Crippen LogP contribution in [0, 0.1) is 0 Å². The lowest BCUT2D eigenvalue weighted by molar-refractivity contribution is 0.0950. The van der Waals surface area contributed by atoms with E-state index in [2.05, 4.69) is 17.2 Å². The molecule has 2 aromatic carbocycles. The molecule has 0 saturated heterocycles. The second-order valence-electron chi connectivity index (χ2n) is 7.30. The van der Waals surface area contributed by atoms with Crippen molar-refractivity contribution in [1.82, 2.24) is 10.3 Å². The summed E-state index contributed by atoms with van der Waals surface area (Å²) in [6, 6.07) is 11.3. The predicted octanol–water partition coefficient (Wildman–Crippen LogP) is 4.42. The number of carbonyl (C=O) groups is 1. The summed E-state index contributed by atoms with van der Waals surface area (Å²) in [7, 11) is 0. The quantitative estimate of drug-likeness (QED) is 0.719. The molecule has 1 aliphatic rings. The molecule has 1 amide bonds. The third-order valence-electron chi connectivity index (χ3n) is 5.47. The van der Waals surface area contributed by atoms with Crippen LogP contribution in [-0.2, 0) is 11.8 Å². The van der Waals surface area contributed by atoms with Crippen molar-refractivity contribution in [2.75, 3.05) is 6.54 Å². The number of benzene rings is 2. The van der Waals surface area contributed by atoms with Crippen LogP contribution in [0.5, 0.6) is 5.75 Å². The number of thiazole rings is 1. The molecule has 1 heterocycles. The Morgan fingerprint density at radius 1 is 1.31 bits per heavy atom. The maximum absolute atomic E-state index is 12.5. The number of phenolic OH excluding ortho intramolecular Hbond substituents is 1. The van der Waals surface area contributed by atoms with E-state index in [1.165, 1.54) is 11.1 Å². The molecule has 3 aromatic rings. The number of nitrogens with one attached hydrogen (secondary N) is 1. The van der Waals surface area contributed by atoms with E-state index >= 15 is 0 Å². The van der Waals surface area contributed by atoms with Gasteiger partial charge in [-0.25, -0.2) is 4.98 Å². The summed E-state index contributed by atoms with van der Waals surface area (Å²) >= 11 is 1.54. The molecule has 1 atom stereocenters. The molecule has 1 aromatic heterocycles. The third-order valence-corrected chi connectivity index (χ3v) is 6.27. The molecule has 0 fully saturated rings. The number of carbonyl (C=O) groups excluding carboxylic acids is 1. The summed E-state index contributed by atoms with van der Waals surface area (Å²) in [4.78, 5) is 16.7. The predicted molar refractivity (Wildman–Crippen MR) is 105 cm³/mol. The highest BCUT2D eigenvalue weighted by Crippen LogP contribution is 2.40. The lowest BCUT2D eigenvalue weighted by Crippen LogP contribution is -2.34. The Morgan fingerprint density at radius 3 is 3.08 bits per heavy atom. The average molecular weight is 366 g/mol. The van der Waals surface area contributed by atoms with Gasteiger partial charge in [0.05, 0.1) is 15.7 Å². The Bertz CT molecular complexity index is 966. The van der Waals surface area contributed by atoms with Crippen LogP contribution in [0.2, 0.25) is 0 Å². The number of amides is 1. The highest BCUT2D eigenvalue weighted by atomic mass is 32.1. The summed E-state index contributed by atoms with van der Waals surface area (Å²) in [6.45, 7) is 2.85. The van der Waals surface area contributed by atoms with Crippen LogP contribution >= 0.6 is 11.3 Å². The number of rotatable bonds is 4. The first-order chi connectivity index (χ1) is 12.5. The SMILES string of the molecule is CC1(CCNC(=O)c2ccc3ncsc3c2)CCCc2ccc(O)cc21. The first-order valence-corrected chi connectivity index (χ1v) is 9.87. The lowest BCUT2D eigenvalue weighted by Gasteiger charge is -2.36. The summed E-state index contributed by atoms with van der Waals surface area (Å²) in [5.41, 5.74) is 5.93. The Kier molecular flexibility index (Phi) is 4.41. The maximum atomic E-state index is 12.5. The fourth-order valence-corrected chi connectivity index (χ4v) is 4.67. The van der Waals surface area contributed by atoms with Crippen LogP contribution in [0.15, 0.2) is 41.9 Å². The van der Waals surface area contributed by atoms with Gasteiger partial charge in [-0.3, -0.25) is 4.79 Å². The second kappa shape index (κ2) is 6.72. The molecule has 1 aliphatic carbocycles. The number of fused-ring (bicyclic) bond motifs is 2. The third kappa shape index (κ3) is 3.19. The zero-order valence-electron chi connectivity index (χ0n) is 14.8. The fraction of sp³-hybridized carbons (Fsp3) is 0.333. The summed E-state index contributed by atoms with van der Waals surface area (Å²) < 4.78 is 1.03. The van der Waals surface area contributed by atoms with Crippen LogP contribution in [0.3, 0.4) is 0 Å². The van der Waals surface area contributed by atoms with E-state index in [9.17, 15) is 9.90 Å². The molecular weight excluding hydrogens is 344 g/mol. The standard InChI is InChI=1S/C21H22N2O2S/c1-21(8-2-3-14-4-6-16(24)12-17(14)21)9-10-22-20(25)15-5-7-18-19(11-15)26-13-23-18/h4-7,11-13,24H,2-3,8-10H2,1H3,(H,22,25). The Morgan fingerprint density at radius 2 is 2.19 bits per heavy atom. The number of nitrogens with zero attached hydrogens (tertiary/aromatic N) is 1. The van der Waals surface area contributed by atoms with Crippen molar-refractivity contribution in [3.63, 3.8) is 0 Å². The molecule has 4 nitrogen and oxygen atoms in total. The first kappa shape index (κ1) is 17.0. The van der Waals surface area contributed by atoms with Gasteiger partial charge in [0.2, 0.25) is 0 Å². The summed E-state index contributed by atoms with van der Waals surface area (Å²) in [5.74, 6) is 0.273. The van der Waals surface area contributed by atoms with E-state index in [-0.39, 0.29) is 11.3 Å². The fourth-order valence-electron chi connectivity index (χ4n) is 3.96. The van der Waals surface area contributed by atoms with Gasteiger partial charge in [-0.2, -0.15) is 0 Å². The molecule has 0 spiro atoms. The molecule has 2 N–H and O–H groups in total. The largest absolute Gasteiger partial charge is 0.508 e. The highest BCUT2D eigenvalue weighted by molar-refractivity contribution is 7.16. The van der Waals surface area contributed by atoms with Crippen molar-refractivity contribution in [3.8, 4) is 5.75 Å². The van der Waals surface area contributed by atoms with Gasteiger partial charge in [0.1, 0.15) is 5.75 Å². The zero-order chi connectivity index (χ0) is 18.1. The van der Waals surface area contributed by atoms with Gasteiger partial charge >= 0.3 is 0 Å². The molecular formula is C21H22N2O2S. The van der Waals surface area contributed by atoms with Crippen molar-refractivity contribution < 1.29 is 9.90 Å². The second-order valence-corrected chi connectivity index (χ2v) is 8.18. The van der Waals surface area contributed by atoms with Crippen molar-refractivity contribution in [3.05, 3.63) is 58.6 Å². The normalized spacial score (nSPS) is 19.3. The molecule has 5 heteroatoms. The average Bonchev–Trinajstić information content (AvgIpc) is 3.10. The van der Waals surface area contributed by atoms with Crippen molar-refractivity contribution >= 4 is 27.5 Å². The Balaban J connectivity index is 1.44. The van der Waals surface area contributed by atoms with E-state index in [1.807, 2.05) is 30.3 Å². The lowest BCUT2D eigenvalue weighted by atomic mass is 9.69. The van der Waals surface area contributed by atoms with E-state index < -0.39 is 0 Å². The molecule has 26 heavy (non-hydrogen) atoms. The zero-order valence-corrected chi connectivity index (χ0v) is 15.6. The van der Waals surface area contributed by atoms with Gasteiger partial charge in [0, 0.05) is 12.1 Å². The monoisotopic (exact) mass is 366 g/mol. The van der Waals surface area contributed by atoms with E-state index in [4.69, 9.17) is 0 Å². The van der Waals surface area contributed by atoms with Crippen molar-refractivity contribution in [2.45, 2.75) is 38.0 Å². The Labute approximate surface area is 156 Å². The highest BCUT2D eigenvalue weighted by Gasteiger charge is 2.32. The van der Waals surface area contributed by atoms with Gasteiger partial charge in [-0.05, 0) is 72.6 Å². The van der Waals surface area contributed by atoms with Crippen LogP contribution in [0.4, 0.5) is 0 Å². The van der Waals surface area contributed by atoms with E-state index in [1.54, 1.807) is 22.9 Å². The van der Waals surface area contributed by atoms with Crippen LogP contribution in [0.25, 0.3) is 10.2 Å². The van der Waals surface area contributed by atoms with Crippen molar-refractivity contribution in [1.29, 1.82) is 0 Å². The van der Waals surface area contributed by atoms with Gasteiger partial charge in [0.25, 0.3) is 5.91 Å². The molecule has 134 valence electrons. The number of aromatic nitrogens is 1. The minimum Gasteiger partial charge on any atom is -0.508 e. The van der Waals surface area contributed by atoms with Gasteiger partial charge in [0.15, 0.2) is 0 Å². The first-order valence-electron chi connectivity index (χ1n) is 8.99. The number of hydrogen-bond donors (Lipinski definition) is 2. The Hall–Kier alpha value is -2.40. The number of aromatic hydroxyl groups is 1. The topological polar surface area (TPSA) is 62.2 Å². The van der Waals surface area contributed by atoms with Crippen LogP contribution < -0.4 is 5.32 Å². The molecule has 0 radical (unpaired) electrons.